The van der Waals surface area contributed by atoms with Crippen LogP contribution in [0.4, 0.5) is 10.7 Å². The number of benzene rings is 2. The fraction of sp³-hybridized carbons (Fsp3) is 0.150. The van der Waals surface area contributed by atoms with Gasteiger partial charge in [-0.15, -0.1) is 0 Å². The molecule has 1 heterocycles. The van der Waals surface area contributed by atoms with Crippen LogP contribution in [0.15, 0.2) is 59.5 Å². The lowest BCUT2D eigenvalue weighted by Gasteiger charge is -2.11. The Hall–Kier alpha value is -4.06. The van der Waals surface area contributed by atoms with Crippen molar-refractivity contribution in [3.05, 3.63) is 60.2 Å². The van der Waals surface area contributed by atoms with Crippen LogP contribution in [0, 0.1) is 0 Å². The molecule has 0 spiro atoms. The first-order valence-corrected chi connectivity index (χ1v) is 10.8. The smallest absolute Gasteiger partial charge is 0.339 e. The summed E-state index contributed by atoms with van der Waals surface area (Å²) in [6.45, 7) is 2.00. The van der Waals surface area contributed by atoms with Crippen LogP contribution in [-0.4, -0.2) is 49.1 Å². The highest BCUT2D eigenvalue weighted by atomic mass is 32.2. The van der Waals surface area contributed by atoms with Crippen molar-refractivity contribution in [3.8, 4) is 17.4 Å². The SMILES string of the molecule is CCOc1nc(NC(=O)NS(=O)(=O)c2ccccc2C(=O)OC)nc(-c2ccccc2)n1. The Kier molecular flexibility index (Phi) is 6.95. The highest BCUT2D eigenvalue weighted by molar-refractivity contribution is 7.90. The molecule has 0 unspecified atom stereocenters. The number of hydrogen-bond acceptors (Lipinski definition) is 9. The first-order chi connectivity index (χ1) is 15.3. The van der Waals surface area contributed by atoms with Gasteiger partial charge in [0.15, 0.2) is 5.82 Å². The third-order valence-corrected chi connectivity index (χ3v) is 5.34. The Bertz CT molecular complexity index is 1230. The standard InChI is InChI=1S/C20H19N5O6S/c1-3-31-20-22-16(13-9-5-4-6-10-13)21-18(24-20)23-19(27)25-32(28,29)15-12-8-7-11-14(15)17(26)30-2/h4-12H,3H2,1-2H3,(H2,21,22,23,24,25,27). The van der Waals surface area contributed by atoms with E-state index in [0.717, 1.165) is 7.11 Å². The van der Waals surface area contributed by atoms with E-state index in [1.165, 1.54) is 24.3 Å². The molecule has 0 saturated heterocycles. The van der Waals surface area contributed by atoms with Gasteiger partial charge in [0.1, 0.15) is 4.90 Å². The molecule has 2 amide bonds. The van der Waals surface area contributed by atoms with Crippen molar-refractivity contribution in [3.63, 3.8) is 0 Å². The van der Waals surface area contributed by atoms with Gasteiger partial charge in [-0.2, -0.15) is 15.0 Å². The van der Waals surface area contributed by atoms with E-state index in [2.05, 4.69) is 25.0 Å². The summed E-state index contributed by atoms with van der Waals surface area (Å²) < 4.78 is 37.1. The normalized spacial score (nSPS) is 10.8. The Morgan fingerprint density at radius 2 is 1.66 bits per heavy atom. The van der Waals surface area contributed by atoms with Crippen molar-refractivity contribution in [2.24, 2.45) is 0 Å². The highest BCUT2D eigenvalue weighted by Gasteiger charge is 2.25. The molecule has 3 rings (SSSR count). The second-order valence-corrected chi connectivity index (χ2v) is 7.76. The number of esters is 1. The van der Waals surface area contributed by atoms with Gasteiger partial charge in [-0.1, -0.05) is 42.5 Å². The number of nitrogens with one attached hydrogen (secondary N) is 2. The number of methoxy groups -OCH3 is 1. The predicted octanol–water partition coefficient (Wildman–Crippen LogP) is 2.23. The fourth-order valence-corrected chi connectivity index (χ4v) is 3.71. The van der Waals surface area contributed by atoms with E-state index in [-0.39, 0.29) is 30.0 Å². The van der Waals surface area contributed by atoms with Gasteiger partial charge in [-0.25, -0.2) is 22.7 Å². The van der Waals surface area contributed by atoms with E-state index in [4.69, 9.17) is 4.74 Å². The Balaban J connectivity index is 1.86. The van der Waals surface area contributed by atoms with E-state index < -0.39 is 26.9 Å². The maximum Gasteiger partial charge on any atom is 0.339 e. The topological polar surface area (TPSA) is 149 Å². The molecule has 2 N–H and O–H groups in total. The maximum atomic E-state index is 12.7. The molecule has 0 aliphatic carbocycles. The van der Waals surface area contributed by atoms with Crippen molar-refractivity contribution >= 4 is 28.0 Å². The van der Waals surface area contributed by atoms with E-state index in [1.807, 2.05) is 10.8 Å². The maximum absolute atomic E-state index is 12.7. The number of ether oxygens (including phenoxy) is 2. The Morgan fingerprint density at radius 3 is 2.34 bits per heavy atom. The number of urea groups is 1. The average Bonchev–Trinajstić information content (AvgIpc) is 2.78. The lowest BCUT2D eigenvalue weighted by atomic mass is 10.2. The van der Waals surface area contributed by atoms with Gasteiger partial charge >= 0.3 is 18.0 Å². The molecule has 0 saturated carbocycles. The number of carbonyl (C=O) groups excluding carboxylic acids is 2. The van der Waals surface area contributed by atoms with E-state index in [1.54, 1.807) is 31.2 Å². The van der Waals surface area contributed by atoms with Crippen molar-refractivity contribution in [2.45, 2.75) is 11.8 Å². The van der Waals surface area contributed by atoms with Gasteiger partial charge in [0.25, 0.3) is 10.0 Å². The summed E-state index contributed by atoms with van der Waals surface area (Å²) >= 11 is 0. The zero-order chi connectivity index (χ0) is 23.1. The second kappa shape index (κ2) is 9.83. The first kappa shape index (κ1) is 22.6. The van der Waals surface area contributed by atoms with Crippen molar-refractivity contribution in [1.82, 2.24) is 19.7 Å². The predicted molar refractivity (Wildman–Crippen MR) is 114 cm³/mol. The Labute approximate surface area is 183 Å². The third kappa shape index (κ3) is 5.35. The number of carbonyl (C=O) groups is 2. The summed E-state index contributed by atoms with van der Waals surface area (Å²) in [4.78, 5) is 36.2. The molecule has 0 fully saturated rings. The van der Waals surface area contributed by atoms with Crippen LogP contribution in [0.5, 0.6) is 6.01 Å². The van der Waals surface area contributed by atoms with Gasteiger partial charge in [-0.3, -0.25) is 5.32 Å². The molecule has 0 aliphatic heterocycles. The van der Waals surface area contributed by atoms with Crippen molar-refractivity contribution in [1.29, 1.82) is 0 Å². The summed E-state index contributed by atoms with van der Waals surface area (Å²) in [7, 11) is -3.30. The Morgan fingerprint density at radius 1 is 0.969 bits per heavy atom. The molecule has 11 nitrogen and oxygen atoms in total. The van der Waals surface area contributed by atoms with Crippen LogP contribution in [0.25, 0.3) is 11.4 Å². The van der Waals surface area contributed by atoms with Gasteiger partial charge in [0.2, 0.25) is 5.95 Å². The molecule has 1 aromatic heterocycles. The number of hydrogen-bond donors (Lipinski definition) is 2. The summed E-state index contributed by atoms with van der Waals surface area (Å²) in [6.07, 6.45) is 0. The van der Waals surface area contributed by atoms with Gasteiger partial charge in [-0.05, 0) is 19.1 Å². The minimum atomic E-state index is -4.41. The summed E-state index contributed by atoms with van der Waals surface area (Å²) in [5.74, 6) is -0.868. The van der Waals surface area contributed by atoms with Crippen LogP contribution >= 0.6 is 0 Å². The molecule has 32 heavy (non-hydrogen) atoms. The lowest BCUT2D eigenvalue weighted by Crippen LogP contribution is -2.35. The number of sulfonamides is 1. The molecule has 0 aliphatic rings. The number of rotatable bonds is 7. The van der Waals surface area contributed by atoms with Gasteiger partial charge in [0.05, 0.1) is 19.3 Å². The van der Waals surface area contributed by atoms with E-state index in [9.17, 15) is 18.0 Å². The number of nitrogens with zero attached hydrogens (tertiary/aromatic N) is 3. The largest absolute Gasteiger partial charge is 0.465 e. The van der Waals surface area contributed by atoms with Crippen LogP contribution in [0.2, 0.25) is 0 Å². The third-order valence-electron chi connectivity index (χ3n) is 3.95. The highest BCUT2D eigenvalue weighted by Crippen LogP contribution is 2.19. The molecule has 166 valence electrons. The molecule has 2 aromatic carbocycles. The molecule has 0 bridgehead atoms. The summed E-state index contributed by atoms with van der Waals surface area (Å²) in [6, 6.07) is 13.0. The molecular weight excluding hydrogens is 438 g/mol. The molecule has 3 aromatic rings. The average molecular weight is 457 g/mol. The van der Waals surface area contributed by atoms with E-state index in [0.29, 0.717) is 5.56 Å². The fourth-order valence-electron chi connectivity index (χ4n) is 2.61. The van der Waals surface area contributed by atoms with Crippen LogP contribution in [-0.2, 0) is 14.8 Å². The molecule has 12 heteroatoms. The molecular formula is C20H19N5O6S. The van der Waals surface area contributed by atoms with Crippen LogP contribution in [0.3, 0.4) is 0 Å². The lowest BCUT2D eigenvalue weighted by molar-refractivity contribution is 0.0596. The minimum absolute atomic E-state index is 0.0458. The minimum Gasteiger partial charge on any atom is -0.465 e. The molecule has 0 radical (unpaired) electrons. The summed E-state index contributed by atoms with van der Waals surface area (Å²) in [5, 5.41) is 2.25. The van der Waals surface area contributed by atoms with Crippen molar-refractivity contribution < 1.29 is 27.5 Å². The quantitative estimate of drug-likeness (QED) is 0.509. The zero-order valence-electron chi connectivity index (χ0n) is 17.1. The number of aromatic nitrogens is 3. The summed E-state index contributed by atoms with van der Waals surface area (Å²) in [5.41, 5.74) is 0.416. The first-order valence-electron chi connectivity index (χ1n) is 9.29. The monoisotopic (exact) mass is 457 g/mol. The van der Waals surface area contributed by atoms with E-state index >= 15 is 0 Å². The second-order valence-electron chi connectivity index (χ2n) is 6.11. The van der Waals surface area contributed by atoms with Gasteiger partial charge < -0.3 is 9.47 Å². The number of anilines is 1. The van der Waals surface area contributed by atoms with Crippen LogP contribution in [0.1, 0.15) is 17.3 Å². The van der Waals surface area contributed by atoms with Crippen LogP contribution < -0.4 is 14.8 Å². The van der Waals surface area contributed by atoms with Crippen molar-refractivity contribution in [2.75, 3.05) is 19.0 Å². The molecule has 0 atom stereocenters. The number of amides is 2. The zero-order valence-corrected chi connectivity index (χ0v) is 17.9. The van der Waals surface area contributed by atoms with Gasteiger partial charge in [0, 0.05) is 5.56 Å².